The van der Waals surface area contributed by atoms with Gasteiger partial charge in [-0.1, -0.05) is 32.6 Å². The summed E-state index contributed by atoms with van der Waals surface area (Å²) in [6.07, 6.45) is 4.16. The van der Waals surface area contributed by atoms with E-state index in [4.69, 9.17) is 5.11 Å². The molecule has 0 aliphatic carbocycles. The average molecular weight is 404 g/mol. The van der Waals surface area contributed by atoms with Crippen molar-refractivity contribution in [2.24, 2.45) is 0 Å². The molecule has 2 atom stereocenters. The van der Waals surface area contributed by atoms with E-state index in [9.17, 15) is 23.8 Å². The Kier molecular flexibility index (Phi) is 28.8. The summed E-state index contributed by atoms with van der Waals surface area (Å²) >= 11 is 0. The first kappa shape index (κ1) is 32.8. The van der Waals surface area contributed by atoms with Crippen molar-refractivity contribution in [3.8, 4) is 0 Å². The van der Waals surface area contributed by atoms with Crippen LogP contribution in [0.15, 0.2) is 0 Å². The molecule has 1 N–H and O–H groups in total. The summed E-state index contributed by atoms with van der Waals surface area (Å²) in [5.41, 5.74) is -2.99. The number of rotatable bonds is 9. The van der Waals surface area contributed by atoms with Gasteiger partial charge in [-0.3, -0.25) is 0 Å². The monoisotopic (exact) mass is 404 g/mol. The Morgan fingerprint density at radius 2 is 1.45 bits per heavy atom. The Hall–Kier alpha value is 5.17. The molecule has 2 unspecified atom stereocenters. The van der Waals surface area contributed by atoms with E-state index in [-0.39, 0.29) is 161 Å². The van der Waals surface area contributed by atoms with E-state index in [0.717, 1.165) is 25.7 Å². The van der Waals surface area contributed by atoms with Gasteiger partial charge in [-0.15, -0.1) is 0 Å². The van der Waals surface area contributed by atoms with Crippen molar-refractivity contribution in [3.05, 3.63) is 0 Å². The van der Waals surface area contributed by atoms with Crippen LogP contribution in [0.25, 0.3) is 0 Å². The van der Waals surface area contributed by atoms with Gasteiger partial charge in [-0.2, -0.15) is 0 Å². The van der Waals surface area contributed by atoms with Gasteiger partial charge in [-0.05, 0) is 14.0 Å². The Balaban J connectivity index is -0.000000427. The molecule has 0 amide bonds. The number of aliphatic hydroxyl groups excluding tert-OH is 1. The first-order valence-corrected chi connectivity index (χ1v) is 8.59. The molecule has 104 valence electrons. The van der Waals surface area contributed by atoms with E-state index in [2.05, 4.69) is 4.52 Å². The molecule has 0 aromatic rings. The fraction of sp³-hybridized carbons (Fsp3) is 1.00. The van der Waals surface area contributed by atoms with E-state index in [1.54, 1.807) is 0 Å². The minimum absolute atomic E-state index is 0. The molecule has 0 aliphatic heterocycles. The van der Waals surface area contributed by atoms with Crippen molar-refractivity contribution in [1.29, 1.82) is 0 Å². The van der Waals surface area contributed by atoms with Crippen LogP contribution < -0.4 is 169 Å². The molecular formula is C8H17K3O7P2. The Labute approximate surface area is 247 Å². The summed E-state index contributed by atoms with van der Waals surface area (Å²) in [5, 5.41) is 8.77. The van der Waals surface area contributed by atoms with Gasteiger partial charge in [0.15, 0.2) is 7.60 Å². The van der Waals surface area contributed by atoms with Crippen molar-refractivity contribution in [1.82, 2.24) is 0 Å². The Bertz CT molecular complexity index is 312. The van der Waals surface area contributed by atoms with E-state index >= 15 is 0 Å². The smallest absolute Gasteiger partial charge is 0.809 e. The molecule has 0 saturated carbocycles. The minimum atomic E-state index is -5.59. The zero-order chi connectivity index (χ0) is 13.5. The fourth-order valence-corrected chi connectivity index (χ4v) is 3.24. The third-order valence-corrected chi connectivity index (χ3v) is 5.46. The zero-order valence-electron chi connectivity index (χ0n) is 12.6. The molecule has 0 heterocycles. The van der Waals surface area contributed by atoms with Crippen molar-refractivity contribution >= 4 is 15.2 Å². The molecule has 0 rings (SSSR count). The molecule has 0 spiro atoms. The van der Waals surface area contributed by atoms with Crippen LogP contribution in [-0.4, -0.2) is 17.3 Å². The van der Waals surface area contributed by atoms with Gasteiger partial charge in [0.2, 0.25) is 0 Å². The summed E-state index contributed by atoms with van der Waals surface area (Å²) < 4.78 is 25.6. The topological polar surface area (TPSA) is 133 Å². The largest absolute Gasteiger partial charge is 1.00 e. The average Bonchev–Trinajstić information content (AvgIpc) is 2.20. The normalized spacial score (nSPS) is 15.1. The second kappa shape index (κ2) is 17.6. The van der Waals surface area contributed by atoms with E-state index < -0.39 is 20.8 Å². The molecule has 7 nitrogen and oxygen atoms in total. The number of hydrogen-bond acceptors (Lipinski definition) is 7. The molecule has 0 aromatic heterocycles. The Morgan fingerprint density at radius 3 is 1.85 bits per heavy atom. The van der Waals surface area contributed by atoms with Gasteiger partial charge in [-0.25, -0.2) is 0 Å². The van der Waals surface area contributed by atoms with Crippen LogP contribution in [0, 0.1) is 0 Å². The van der Waals surface area contributed by atoms with Crippen LogP contribution in [0.5, 0.6) is 0 Å². The molecular weight excluding hydrogens is 387 g/mol. The van der Waals surface area contributed by atoms with Gasteiger partial charge in [0, 0.05) is 0 Å². The van der Waals surface area contributed by atoms with Crippen LogP contribution in [0.2, 0.25) is 0 Å². The third-order valence-electron chi connectivity index (χ3n) is 2.08. The SMILES string of the molecule is CCCCCCCOP(=O)([O-])C(O)P(=O)([O-])[O-].[K+].[K+].[K+]. The van der Waals surface area contributed by atoms with Crippen molar-refractivity contribution in [3.63, 3.8) is 0 Å². The number of unbranched alkanes of at least 4 members (excludes halogenated alkanes) is 4. The molecule has 0 aliphatic rings. The van der Waals surface area contributed by atoms with Gasteiger partial charge in [0.05, 0.1) is 6.61 Å². The molecule has 0 aromatic carbocycles. The van der Waals surface area contributed by atoms with Crippen LogP contribution in [0.4, 0.5) is 0 Å². The summed E-state index contributed by atoms with van der Waals surface area (Å²) in [6, 6.07) is 0. The predicted octanol–water partition coefficient (Wildman–Crippen LogP) is -9.27. The number of aliphatic hydroxyl groups is 1. The van der Waals surface area contributed by atoms with Gasteiger partial charge in [0.1, 0.15) is 5.59 Å². The van der Waals surface area contributed by atoms with Crippen LogP contribution >= 0.6 is 15.2 Å². The summed E-state index contributed by atoms with van der Waals surface area (Å²) in [7, 11) is -10.6. The standard InChI is InChI=1S/C8H20O7P2.3K/c1-2-3-4-5-6-7-15-17(13,14)8(9)16(10,11)12;;;/h8-9H,2-7H2,1H3,(H,13,14)(H2,10,11,12);;;/q;3*+1/p-3. The second-order valence-electron chi connectivity index (χ2n) is 3.67. The van der Waals surface area contributed by atoms with Crippen LogP contribution in [-0.2, 0) is 13.7 Å². The Morgan fingerprint density at radius 1 is 1.00 bits per heavy atom. The predicted molar refractivity (Wildman–Crippen MR) is 55.9 cm³/mol. The summed E-state index contributed by atoms with van der Waals surface area (Å²) in [5.74, 6) is 0. The van der Waals surface area contributed by atoms with Crippen molar-refractivity contribution in [2.75, 3.05) is 6.61 Å². The summed E-state index contributed by atoms with van der Waals surface area (Å²) in [6.45, 7) is 1.81. The van der Waals surface area contributed by atoms with Crippen molar-refractivity contribution < 1.29 is 188 Å². The molecule has 0 fully saturated rings. The van der Waals surface area contributed by atoms with Gasteiger partial charge in [0.25, 0.3) is 0 Å². The first-order valence-electron chi connectivity index (χ1n) is 5.37. The van der Waals surface area contributed by atoms with Crippen LogP contribution in [0.1, 0.15) is 39.0 Å². The zero-order valence-corrected chi connectivity index (χ0v) is 23.8. The third kappa shape index (κ3) is 16.6. The minimum Gasteiger partial charge on any atom is -0.809 e. The van der Waals surface area contributed by atoms with E-state index in [0.29, 0.717) is 6.42 Å². The molecule has 0 bridgehead atoms. The van der Waals surface area contributed by atoms with Gasteiger partial charge < -0.3 is 33.4 Å². The maximum Gasteiger partial charge on any atom is 1.00 e. The molecule has 0 radical (unpaired) electrons. The van der Waals surface area contributed by atoms with Crippen LogP contribution in [0.3, 0.4) is 0 Å². The van der Waals surface area contributed by atoms with E-state index in [1.165, 1.54) is 0 Å². The molecule has 20 heavy (non-hydrogen) atoms. The van der Waals surface area contributed by atoms with Crippen molar-refractivity contribution in [2.45, 2.75) is 44.6 Å². The van der Waals surface area contributed by atoms with Gasteiger partial charge >= 0.3 is 154 Å². The quantitative estimate of drug-likeness (QED) is 0.229. The second-order valence-corrected chi connectivity index (χ2v) is 7.48. The summed E-state index contributed by atoms with van der Waals surface area (Å²) in [4.78, 5) is 31.7. The number of hydrogen-bond donors (Lipinski definition) is 1. The maximum atomic E-state index is 11.0. The molecule has 0 saturated heterocycles. The first-order chi connectivity index (χ1) is 7.72. The fourth-order valence-electron chi connectivity index (χ4n) is 1.14. The maximum absolute atomic E-state index is 11.0. The molecule has 12 heteroatoms. The van der Waals surface area contributed by atoms with E-state index in [1.807, 2.05) is 6.92 Å².